The first-order valence-corrected chi connectivity index (χ1v) is 8.37. The van der Waals surface area contributed by atoms with E-state index in [1.54, 1.807) is 18.2 Å². The van der Waals surface area contributed by atoms with Crippen LogP contribution in [0.15, 0.2) is 51.8 Å². The molecule has 0 radical (unpaired) electrons. The molecule has 1 unspecified atom stereocenters. The number of halogens is 1. The molecule has 0 fully saturated rings. The van der Waals surface area contributed by atoms with Gasteiger partial charge >= 0.3 is 5.97 Å². The second kappa shape index (κ2) is 6.12. The van der Waals surface area contributed by atoms with E-state index in [0.717, 1.165) is 5.75 Å². The van der Waals surface area contributed by atoms with Crippen molar-refractivity contribution in [3.8, 4) is 0 Å². The Labute approximate surface area is 136 Å². The van der Waals surface area contributed by atoms with E-state index >= 15 is 0 Å². The number of rotatable bonds is 3. The molecule has 3 rings (SSSR count). The molecule has 0 aliphatic carbocycles. The highest BCUT2D eigenvalue weighted by molar-refractivity contribution is 9.10. The molecule has 0 spiro atoms. The van der Waals surface area contributed by atoms with Gasteiger partial charge < -0.3 is 10.5 Å². The zero-order valence-corrected chi connectivity index (χ0v) is 13.6. The summed E-state index contributed by atoms with van der Waals surface area (Å²) >= 11 is 5.16. The van der Waals surface area contributed by atoms with E-state index in [0.29, 0.717) is 22.3 Å². The third kappa shape index (κ3) is 3.09. The van der Waals surface area contributed by atoms with Gasteiger partial charge in [-0.1, -0.05) is 18.2 Å². The lowest BCUT2D eigenvalue weighted by Crippen LogP contribution is -2.13. The maximum absolute atomic E-state index is 12.2. The Morgan fingerprint density at radius 2 is 2.14 bits per heavy atom. The summed E-state index contributed by atoms with van der Waals surface area (Å²) in [4.78, 5) is 13.5. The second-order valence-electron chi connectivity index (χ2n) is 4.88. The van der Waals surface area contributed by atoms with Crippen LogP contribution in [-0.2, 0) is 4.74 Å². The van der Waals surface area contributed by atoms with E-state index in [1.165, 1.54) is 10.5 Å². The van der Waals surface area contributed by atoms with Crippen molar-refractivity contribution in [3.05, 3.63) is 58.1 Å². The normalized spacial score (nSPS) is 16.5. The quantitative estimate of drug-likeness (QED) is 0.659. The number of thioether (sulfide) groups is 1. The Kier molecular flexibility index (Phi) is 4.22. The van der Waals surface area contributed by atoms with Crippen LogP contribution in [0, 0.1) is 0 Å². The first-order valence-electron chi connectivity index (χ1n) is 6.59. The third-order valence-corrected chi connectivity index (χ3v) is 5.37. The van der Waals surface area contributed by atoms with Crippen molar-refractivity contribution in [2.24, 2.45) is 0 Å². The van der Waals surface area contributed by atoms with Crippen LogP contribution >= 0.6 is 27.7 Å². The number of carbonyl (C=O) groups is 1. The molecule has 0 saturated heterocycles. The summed E-state index contributed by atoms with van der Waals surface area (Å²) in [6.45, 7) is 0.393. The molecule has 21 heavy (non-hydrogen) atoms. The molecule has 2 N–H and O–H groups in total. The average Bonchev–Trinajstić information content (AvgIpc) is 2.90. The van der Waals surface area contributed by atoms with Gasteiger partial charge in [0.15, 0.2) is 0 Å². The Morgan fingerprint density at radius 1 is 1.33 bits per heavy atom. The first-order chi connectivity index (χ1) is 10.1. The van der Waals surface area contributed by atoms with Crippen molar-refractivity contribution in [1.29, 1.82) is 0 Å². The summed E-state index contributed by atoms with van der Waals surface area (Å²) in [7, 11) is 0. The van der Waals surface area contributed by atoms with Crippen LogP contribution in [0.2, 0.25) is 0 Å². The molecule has 108 valence electrons. The molecule has 5 heteroatoms. The molecule has 1 heterocycles. The zero-order valence-electron chi connectivity index (χ0n) is 11.2. The van der Waals surface area contributed by atoms with E-state index < -0.39 is 0 Å². The number of hydrogen-bond acceptors (Lipinski definition) is 4. The van der Waals surface area contributed by atoms with Crippen LogP contribution in [0.25, 0.3) is 0 Å². The summed E-state index contributed by atoms with van der Waals surface area (Å²) in [6, 6.07) is 13.4. The van der Waals surface area contributed by atoms with Crippen molar-refractivity contribution >= 4 is 39.3 Å². The van der Waals surface area contributed by atoms with Gasteiger partial charge in [0, 0.05) is 26.7 Å². The van der Waals surface area contributed by atoms with Gasteiger partial charge in [0.1, 0.15) is 0 Å². The minimum absolute atomic E-state index is 0.259. The zero-order chi connectivity index (χ0) is 14.8. The van der Waals surface area contributed by atoms with Gasteiger partial charge in [0.2, 0.25) is 0 Å². The monoisotopic (exact) mass is 363 g/mol. The molecule has 1 atom stereocenters. The molecule has 3 nitrogen and oxygen atoms in total. The van der Waals surface area contributed by atoms with Crippen LogP contribution in [0.4, 0.5) is 5.69 Å². The molecule has 0 amide bonds. The van der Waals surface area contributed by atoms with E-state index in [9.17, 15) is 4.79 Å². The average molecular weight is 364 g/mol. The molecule has 0 saturated carbocycles. The van der Waals surface area contributed by atoms with E-state index in [4.69, 9.17) is 10.5 Å². The maximum Gasteiger partial charge on any atom is 0.339 e. The lowest BCUT2D eigenvalue weighted by molar-refractivity contribution is 0.0486. The summed E-state index contributed by atoms with van der Waals surface area (Å²) < 4.78 is 6.16. The summed E-state index contributed by atoms with van der Waals surface area (Å²) in [5.41, 5.74) is 8.00. The van der Waals surface area contributed by atoms with Gasteiger partial charge in [-0.3, -0.25) is 0 Å². The molecule has 1 aliphatic heterocycles. The van der Waals surface area contributed by atoms with Crippen molar-refractivity contribution in [1.82, 2.24) is 0 Å². The number of fused-ring (bicyclic) bond motifs is 1. The van der Waals surface area contributed by atoms with Crippen LogP contribution in [0.5, 0.6) is 0 Å². The summed E-state index contributed by atoms with van der Waals surface area (Å²) in [5.74, 6) is 0.864. The molecule has 0 bridgehead atoms. The highest BCUT2D eigenvalue weighted by atomic mass is 79.9. The minimum Gasteiger partial charge on any atom is -0.461 e. The number of esters is 1. The van der Waals surface area contributed by atoms with E-state index in [-0.39, 0.29) is 11.9 Å². The van der Waals surface area contributed by atoms with Gasteiger partial charge in [0.05, 0.1) is 12.2 Å². The second-order valence-corrected chi connectivity index (χ2v) is 6.80. The standard InChI is InChI=1S/C16H14BrNO2S/c17-14-6-5-11(18)7-13(14)16(19)20-8-10-9-21-15-4-2-1-3-12(10)15/h1-7,10H,8-9,18H2. The van der Waals surface area contributed by atoms with E-state index in [1.807, 2.05) is 23.9 Å². The maximum atomic E-state index is 12.2. The molecule has 1 aliphatic rings. The van der Waals surface area contributed by atoms with Gasteiger partial charge in [-0.2, -0.15) is 0 Å². The number of hydrogen-bond donors (Lipinski definition) is 1. The fourth-order valence-electron chi connectivity index (χ4n) is 2.32. The fraction of sp³-hybridized carbons (Fsp3) is 0.188. The number of benzene rings is 2. The Hall–Kier alpha value is -1.46. The number of carbonyl (C=O) groups excluding carboxylic acids is 1. The van der Waals surface area contributed by atoms with E-state index in [2.05, 4.69) is 28.1 Å². The lowest BCUT2D eigenvalue weighted by Gasteiger charge is -2.12. The molecule has 0 aromatic heterocycles. The summed E-state index contributed by atoms with van der Waals surface area (Å²) in [5, 5.41) is 0. The van der Waals surface area contributed by atoms with Crippen LogP contribution in [0.3, 0.4) is 0 Å². The fourth-order valence-corrected chi connectivity index (χ4v) is 3.96. The van der Waals surface area contributed by atoms with Crippen LogP contribution in [0.1, 0.15) is 21.8 Å². The Bertz CT molecular complexity index is 690. The third-order valence-electron chi connectivity index (χ3n) is 3.42. The highest BCUT2D eigenvalue weighted by Crippen LogP contribution is 2.39. The summed E-state index contributed by atoms with van der Waals surface area (Å²) in [6.07, 6.45) is 0. The largest absolute Gasteiger partial charge is 0.461 e. The van der Waals surface area contributed by atoms with Gasteiger partial charge in [-0.05, 0) is 45.8 Å². The van der Waals surface area contributed by atoms with Gasteiger partial charge in [0.25, 0.3) is 0 Å². The molecule has 2 aromatic rings. The number of anilines is 1. The minimum atomic E-state index is -0.344. The van der Waals surface area contributed by atoms with Gasteiger partial charge in [-0.25, -0.2) is 4.79 Å². The van der Waals surface area contributed by atoms with Crippen molar-refractivity contribution in [3.63, 3.8) is 0 Å². The smallest absolute Gasteiger partial charge is 0.339 e. The highest BCUT2D eigenvalue weighted by Gasteiger charge is 2.24. The lowest BCUT2D eigenvalue weighted by atomic mass is 10.0. The molecular formula is C16H14BrNO2S. The predicted molar refractivity (Wildman–Crippen MR) is 88.7 cm³/mol. The van der Waals surface area contributed by atoms with Crippen molar-refractivity contribution in [2.75, 3.05) is 18.1 Å². The molecular weight excluding hydrogens is 350 g/mol. The predicted octanol–water partition coefficient (Wildman–Crippen LogP) is 4.08. The van der Waals surface area contributed by atoms with Crippen LogP contribution < -0.4 is 5.73 Å². The Balaban J connectivity index is 1.69. The molecule has 2 aromatic carbocycles. The topological polar surface area (TPSA) is 52.3 Å². The van der Waals surface area contributed by atoms with Crippen LogP contribution in [-0.4, -0.2) is 18.3 Å². The number of nitrogen functional groups attached to an aromatic ring is 1. The van der Waals surface area contributed by atoms with Crippen molar-refractivity contribution in [2.45, 2.75) is 10.8 Å². The van der Waals surface area contributed by atoms with Gasteiger partial charge in [-0.15, -0.1) is 11.8 Å². The first kappa shape index (κ1) is 14.5. The van der Waals surface area contributed by atoms with Crippen molar-refractivity contribution < 1.29 is 9.53 Å². The Morgan fingerprint density at radius 3 is 3.00 bits per heavy atom. The number of nitrogens with two attached hydrogens (primary N) is 1. The number of ether oxygens (including phenoxy) is 1. The SMILES string of the molecule is Nc1ccc(Br)c(C(=O)OCC2CSc3ccccc32)c1.